The number of alkyl halides is 3. The Morgan fingerprint density at radius 1 is 1.07 bits per heavy atom. The number of rotatable bonds is 1. The summed E-state index contributed by atoms with van der Waals surface area (Å²) in [6, 6.07) is 0. The van der Waals surface area contributed by atoms with E-state index < -0.39 is 12.1 Å². The predicted octanol–water partition coefficient (Wildman–Crippen LogP) is 5.04. The lowest BCUT2D eigenvalue weighted by Crippen LogP contribution is -2.30. The minimum absolute atomic E-state index is 0.278. The van der Waals surface area contributed by atoms with E-state index in [1.165, 1.54) is 0 Å². The number of halogens is 3. The van der Waals surface area contributed by atoms with Crippen LogP contribution in [0.15, 0.2) is 0 Å². The van der Waals surface area contributed by atoms with Crippen LogP contribution < -0.4 is 0 Å². The number of hydrogen-bond donors (Lipinski definition) is 0. The molecule has 0 aromatic carbocycles. The average Bonchev–Trinajstić information content (AvgIpc) is 2.20. The van der Waals surface area contributed by atoms with E-state index in [0.717, 1.165) is 12.8 Å². The summed E-state index contributed by atoms with van der Waals surface area (Å²) in [5.74, 6) is -0.362. The van der Waals surface area contributed by atoms with E-state index in [-0.39, 0.29) is 5.92 Å². The van der Waals surface area contributed by atoms with Gasteiger partial charge >= 0.3 is 6.18 Å². The zero-order chi connectivity index (χ0) is 12.1. The molecule has 0 aromatic heterocycles. The summed E-state index contributed by atoms with van der Waals surface area (Å²) >= 11 is 0. The molecule has 1 saturated carbocycles. The van der Waals surface area contributed by atoms with Gasteiger partial charge in [0.05, 0.1) is 5.92 Å². The van der Waals surface area contributed by atoms with E-state index >= 15 is 0 Å². The van der Waals surface area contributed by atoms with E-state index in [2.05, 4.69) is 0 Å². The molecule has 15 heavy (non-hydrogen) atoms. The van der Waals surface area contributed by atoms with Crippen LogP contribution in [0.1, 0.15) is 53.4 Å². The highest BCUT2D eigenvalue weighted by molar-refractivity contribution is 4.79. The van der Waals surface area contributed by atoms with E-state index in [4.69, 9.17) is 0 Å². The van der Waals surface area contributed by atoms with Crippen molar-refractivity contribution < 1.29 is 13.2 Å². The lowest BCUT2D eigenvalue weighted by molar-refractivity contribution is -0.186. The SMILES string of the molecule is CC.CC(C)C1CCCC(C(F)(F)F)C1. The van der Waals surface area contributed by atoms with Crippen LogP contribution in [-0.4, -0.2) is 6.18 Å². The molecule has 2 unspecified atom stereocenters. The summed E-state index contributed by atoms with van der Waals surface area (Å²) in [4.78, 5) is 0. The van der Waals surface area contributed by atoms with Gasteiger partial charge in [0.25, 0.3) is 0 Å². The number of hydrogen-bond acceptors (Lipinski definition) is 0. The van der Waals surface area contributed by atoms with Crippen LogP contribution in [0, 0.1) is 17.8 Å². The molecule has 2 atom stereocenters. The van der Waals surface area contributed by atoms with Gasteiger partial charge in [-0.25, -0.2) is 0 Å². The molecule has 0 radical (unpaired) electrons. The van der Waals surface area contributed by atoms with Crippen molar-refractivity contribution in [2.24, 2.45) is 17.8 Å². The standard InChI is InChI=1S/C10H17F3.C2H6/c1-7(2)8-4-3-5-9(6-8)10(11,12)13;1-2/h7-9H,3-6H2,1-2H3;1-2H3. The smallest absolute Gasteiger partial charge is 0.171 e. The maximum absolute atomic E-state index is 12.4. The van der Waals surface area contributed by atoms with Crippen LogP contribution in [-0.2, 0) is 0 Å². The minimum Gasteiger partial charge on any atom is -0.171 e. The molecule has 0 spiro atoms. The fourth-order valence-corrected chi connectivity index (χ4v) is 2.13. The van der Waals surface area contributed by atoms with Gasteiger partial charge in [0.2, 0.25) is 0 Å². The van der Waals surface area contributed by atoms with Gasteiger partial charge in [-0.2, -0.15) is 13.2 Å². The zero-order valence-corrected chi connectivity index (χ0v) is 10.2. The first-order valence-corrected chi connectivity index (χ1v) is 5.98. The Morgan fingerprint density at radius 3 is 2.00 bits per heavy atom. The Hall–Kier alpha value is -0.210. The van der Waals surface area contributed by atoms with Gasteiger partial charge in [-0.05, 0) is 24.7 Å². The largest absolute Gasteiger partial charge is 0.391 e. The van der Waals surface area contributed by atoms with Crippen LogP contribution in [0.2, 0.25) is 0 Å². The molecule has 0 aliphatic heterocycles. The van der Waals surface area contributed by atoms with Crippen LogP contribution >= 0.6 is 0 Å². The molecule has 0 N–H and O–H groups in total. The van der Waals surface area contributed by atoms with Crippen molar-refractivity contribution in [1.29, 1.82) is 0 Å². The molecule has 1 fully saturated rings. The lowest BCUT2D eigenvalue weighted by atomic mass is 9.76. The second-order valence-corrected chi connectivity index (χ2v) is 4.41. The van der Waals surface area contributed by atoms with Crippen LogP contribution in [0.3, 0.4) is 0 Å². The highest BCUT2D eigenvalue weighted by Gasteiger charge is 2.42. The van der Waals surface area contributed by atoms with E-state index in [1.807, 2.05) is 27.7 Å². The molecule has 0 heterocycles. The Bertz CT molecular complexity index is 161. The monoisotopic (exact) mass is 224 g/mol. The Labute approximate surface area is 91.3 Å². The first kappa shape index (κ1) is 14.8. The van der Waals surface area contributed by atoms with Crippen molar-refractivity contribution in [2.45, 2.75) is 59.6 Å². The molecule has 0 aromatic rings. The van der Waals surface area contributed by atoms with Gasteiger partial charge in [-0.1, -0.05) is 40.5 Å². The Morgan fingerprint density at radius 2 is 1.60 bits per heavy atom. The van der Waals surface area contributed by atoms with Crippen molar-refractivity contribution in [2.75, 3.05) is 0 Å². The molecule has 0 bridgehead atoms. The normalized spacial score (nSPS) is 27.2. The predicted molar refractivity (Wildman–Crippen MR) is 57.7 cm³/mol. The molecule has 0 nitrogen and oxygen atoms in total. The van der Waals surface area contributed by atoms with Gasteiger partial charge in [0, 0.05) is 0 Å². The molecule has 92 valence electrons. The van der Waals surface area contributed by atoms with Crippen molar-refractivity contribution >= 4 is 0 Å². The molecule has 1 rings (SSSR count). The van der Waals surface area contributed by atoms with Crippen molar-refractivity contribution in [3.63, 3.8) is 0 Å². The summed E-state index contributed by atoms with van der Waals surface area (Å²) in [5.41, 5.74) is 0. The van der Waals surface area contributed by atoms with E-state index in [1.54, 1.807) is 0 Å². The topological polar surface area (TPSA) is 0 Å². The van der Waals surface area contributed by atoms with Crippen LogP contribution in [0.25, 0.3) is 0 Å². The molecule has 1 aliphatic rings. The van der Waals surface area contributed by atoms with Crippen molar-refractivity contribution in [3.05, 3.63) is 0 Å². The van der Waals surface area contributed by atoms with Crippen molar-refractivity contribution in [3.8, 4) is 0 Å². The lowest BCUT2D eigenvalue weighted by Gasteiger charge is -2.32. The second kappa shape index (κ2) is 6.39. The van der Waals surface area contributed by atoms with E-state index in [9.17, 15) is 13.2 Å². The first-order chi connectivity index (χ1) is 6.91. The second-order valence-electron chi connectivity index (χ2n) is 4.41. The fraction of sp³-hybridized carbons (Fsp3) is 1.00. The van der Waals surface area contributed by atoms with Gasteiger partial charge < -0.3 is 0 Å². The van der Waals surface area contributed by atoms with Crippen LogP contribution in [0.5, 0.6) is 0 Å². The molecule has 0 saturated heterocycles. The third-order valence-corrected chi connectivity index (χ3v) is 3.12. The van der Waals surface area contributed by atoms with Gasteiger partial charge in [-0.15, -0.1) is 0 Å². The molecule has 0 amide bonds. The van der Waals surface area contributed by atoms with Crippen LogP contribution in [0.4, 0.5) is 13.2 Å². The minimum atomic E-state index is -3.96. The zero-order valence-electron chi connectivity index (χ0n) is 10.2. The Balaban J connectivity index is 0.000000921. The summed E-state index contributed by atoms with van der Waals surface area (Å²) in [6.45, 7) is 8.03. The van der Waals surface area contributed by atoms with Gasteiger partial charge in [-0.3, -0.25) is 0 Å². The summed E-state index contributed by atoms with van der Waals surface area (Å²) < 4.78 is 37.1. The maximum atomic E-state index is 12.4. The first-order valence-electron chi connectivity index (χ1n) is 5.98. The third kappa shape index (κ3) is 4.89. The molecule has 3 heteroatoms. The van der Waals surface area contributed by atoms with Gasteiger partial charge in [0.15, 0.2) is 0 Å². The van der Waals surface area contributed by atoms with Gasteiger partial charge in [0.1, 0.15) is 0 Å². The molecule has 1 aliphatic carbocycles. The Kier molecular flexibility index (Phi) is 6.30. The maximum Gasteiger partial charge on any atom is 0.391 e. The molecular weight excluding hydrogens is 201 g/mol. The van der Waals surface area contributed by atoms with E-state index in [0.29, 0.717) is 18.8 Å². The highest BCUT2D eigenvalue weighted by atomic mass is 19.4. The fourth-order valence-electron chi connectivity index (χ4n) is 2.13. The summed E-state index contributed by atoms with van der Waals surface area (Å²) in [7, 11) is 0. The quantitative estimate of drug-likeness (QED) is 0.585. The van der Waals surface area contributed by atoms with Crippen molar-refractivity contribution in [1.82, 2.24) is 0 Å². The highest BCUT2D eigenvalue weighted by Crippen LogP contribution is 2.41. The summed E-state index contributed by atoms with van der Waals surface area (Å²) in [5, 5.41) is 0. The summed E-state index contributed by atoms with van der Waals surface area (Å²) in [6.07, 6.45) is -1.56. The average molecular weight is 224 g/mol. The molecular formula is C12H23F3. The third-order valence-electron chi connectivity index (χ3n) is 3.12.